The SMILES string of the molecule is CC(C)(C)OC(=O)N1CCC[C@@H]1COc1nc(Cl)ccc1N. The minimum Gasteiger partial charge on any atom is -0.474 e. The van der Waals surface area contributed by atoms with E-state index in [1.807, 2.05) is 20.8 Å². The summed E-state index contributed by atoms with van der Waals surface area (Å²) in [6.07, 6.45) is 1.47. The molecule has 1 amide bonds. The summed E-state index contributed by atoms with van der Waals surface area (Å²) in [6, 6.07) is 3.20. The zero-order chi connectivity index (χ0) is 16.3. The number of pyridine rings is 1. The molecular weight excluding hydrogens is 306 g/mol. The van der Waals surface area contributed by atoms with Gasteiger partial charge in [-0.05, 0) is 45.7 Å². The van der Waals surface area contributed by atoms with E-state index >= 15 is 0 Å². The van der Waals surface area contributed by atoms with Gasteiger partial charge in [-0.2, -0.15) is 4.98 Å². The summed E-state index contributed by atoms with van der Waals surface area (Å²) >= 11 is 5.83. The Labute approximate surface area is 135 Å². The number of rotatable bonds is 3. The number of carbonyl (C=O) groups excluding carboxylic acids is 1. The molecule has 1 aliphatic rings. The maximum absolute atomic E-state index is 12.2. The van der Waals surface area contributed by atoms with Gasteiger partial charge in [0.2, 0.25) is 5.88 Å². The van der Waals surface area contributed by atoms with Gasteiger partial charge in [0.25, 0.3) is 0 Å². The Morgan fingerprint density at radius 2 is 2.23 bits per heavy atom. The lowest BCUT2D eigenvalue weighted by Gasteiger charge is -2.28. The minimum atomic E-state index is -0.510. The smallest absolute Gasteiger partial charge is 0.410 e. The zero-order valence-corrected chi connectivity index (χ0v) is 13.9. The van der Waals surface area contributed by atoms with E-state index in [4.69, 9.17) is 26.8 Å². The van der Waals surface area contributed by atoms with Crippen molar-refractivity contribution in [1.29, 1.82) is 0 Å². The van der Waals surface area contributed by atoms with Gasteiger partial charge in [0.1, 0.15) is 17.4 Å². The minimum absolute atomic E-state index is 0.0463. The molecule has 6 nitrogen and oxygen atoms in total. The summed E-state index contributed by atoms with van der Waals surface area (Å²) in [6.45, 7) is 6.54. The van der Waals surface area contributed by atoms with Gasteiger partial charge in [-0.25, -0.2) is 4.79 Å². The number of carbonyl (C=O) groups is 1. The monoisotopic (exact) mass is 327 g/mol. The highest BCUT2D eigenvalue weighted by Crippen LogP contribution is 2.24. The van der Waals surface area contributed by atoms with E-state index < -0.39 is 5.60 Å². The number of amides is 1. The highest BCUT2D eigenvalue weighted by molar-refractivity contribution is 6.29. The van der Waals surface area contributed by atoms with Crippen LogP contribution in [-0.4, -0.2) is 40.8 Å². The lowest BCUT2D eigenvalue weighted by Crippen LogP contribution is -2.42. The average molecular weight is 328 g/mol. The van der Waals surface area contributed by atoms with Gasteiger partial charge >= 0.3 is 6.09 Å². The molecule has 7 heteroatoms. The summed E-state index contributed by atoms with van der Waals surface area (Å²) < 4.78 is 11.1. The Hall–Kier alpha value is -1.69. The Morgan fingerprint density at radius 1 is 1.50 bits per heavy atom. The van der Waals surface area contributed by atoms with E-state index in [2.05, 4.69) is 4.98 Å². The third-order valence-electron chi connectivity index (χ3n) is 3.27. The van der Waals surface area contributed by atoms with Gasteiger partial charge in [0.15, 0.2) is 0 Å². The first-order chi connectivity index (χ1) is 10.3. The number of anilines is 1. The van der Waals surface area contributed by atoms with E-state index in [9.17, 15) is 4.79 Å². The standard InChI is InChI=1S/C15H22ClN3O3/c1-15(2,3)22-14(20)19-8-4-5-10(19)9-21-13-11(17)6-7-12(16)18-13/h6-7,10H,4-5,8-9,17H2,1-3H3/t10-/m1/s1. The first-order valence-electron chi connectivity index (χ1n) is 7.31. The van der Waals surface area contributed by atoms with Crippen molar-refractivity contribution >= 4 is 23.4 Å². The Bertz CT molecular complexity index is 545. The van der Waals surface area contributed by atoms with Crippen LogP contribution in [0, 0.1) is 0 Å². The Kier molecular flexibility index (Phi) is 5.01. The van der Waals surface area contributed by atoms with Gasteiger partial charge in [0.05, 0.1) is 11.7 Å². The summed E-state index contributed by atoms with van der Waals surface area (Å²) in [5.74, 6) is 0.295. The van der Waals surface area contributed by atoms with Gasteiger partial charge in [-0.15, -0.1) is 0 Å². The van der Waals surface area contributed by atoms with Crippen LogP contribution >= 0.6 is 11.6 Å². The predicted molar refractivity (Wildman–Crippen MR) is 85.1 cm³/mol. The molecule has 0 saturated carbocycles. The fourth-order valence-corrected chi connectivity index (χ4v) is 2.43. The lowest BCUT2D eigenvalue weighted by molar-refractivity contribution is 0.0186. The molecule has 2 N–H and O–H groups in total. The van der Waals surface area contributed by atoms with Crippen LogP contribution in [0.5, 0.6) is 5.88 Å². The lowest BCUT2D eigenvalue weighted by atomic mass is 10.2. The maximum Gasteiger partial charge on any atom is 0.410 e. The molecule has 1 aliphatic heterocycles. The van der Waals surface area contributed by atoms with Gasteiger partial charge in [-0.3, -0.25) is 0 Å². The van der Waals surface area contributed by atoms with Crippen molar-refractivity contribution in [2.45, 2.75) is 45.3 Å². The number of likely N-dealkylation sites (tertiary alicyclic amines) is 1. The van der Waals surface area contributed by atoms with Crippen molar-refractivity contribution in [2.75, 3.05) is 18.9 Å². The molecular formula is C15H22ClN3O3. The van der Waals surface area contributed by atoms with Crippen molar-refractivity contribution in [2.24, 2.45) is 0 Å². The second-order valence-corrected chi connectivity index (χ2v) is 6.70. The molecule has 0 aliphatic carbocycles. The number of ether oxygens (including phenoxy) is 2. The normalized spacial score (nSPS) is 18.4. The predicted octanol–water partition coefficient (Wildman–Crippen LogP) is 3.10. The number of aromatic nitrogens is 1. The van der Waals surface area contributed by atoms with E-state index in [1.165, 1.54) is 0 Å². The molecule has 0 radical (unpaired) electrons. The summed E-state index contributed by atoms with van der Waals surface area (Å²) in [7, 11) is 0. The molecule has 2 heterocycles. The average Bonchev–Trinajstić information content (AvgIpc) is 2.86. The van der Waals surface area contributed by atoms with Crippen molar-refractivity contribution < 1.29 is 14.3 Å². The molecule has 0 bridgehead atoms. The largest absolute Gasteiger partial charge is 0.474 e. The van der Waals surface area contributed by atoms with Crippen LogP contribution in [-0.2, 0) is 4.74 Å². The van der Waals surface area contributed by atoms with Gasteiger partial charge < -0.3 is 20.1 Å². The molecule has 122 valence electrons. The van der Waals surface area contributed by atoms with Crippen molar-refractivity contribution in [3.63, 3.8) is 0 Å². The molecule has 1 aromatic heterocycles. The maximum atomic E-state index is 12.2. The third kappa shape index (κ3) is 4.40. The first kappa shape index (κ1) is 16.7. The Morgan fingerprint density at radius 3 is 2.91 bits per heavy atom. The topological polar surface area (TPSA) is 77.7 Å². The van der Waals surface area contributed by atoms with Crippen LogP contribution in [0.25, 0.3) is 0 Å². The highest BCUT2D eigenvalue weighted by Gasteiger charge is 2.32. The van der Waals surface area contributed by atoms with Gasteiger partial charge in [0, 0.05) is 6.54 Å². The summed E-state index contributed by atoms with van der Waals surface area (Å²) in [5, 5.41) is 0.319. The fourth-order valence-electron chi connectivity index (χ4n) is 2.29. The van der Waals surface area contributed by atoms with Crippen molar-refractivity contribution in [3.05, 3.63) is 17.3 Å². The second kappa shape index (κ2) is 6.60. The van der Waals surface area contributed by atoms with Crippen LogP contribution in [0.15, 0.2) is 12.1 Å². The molecule has 2 rings (SSSR count). The van der Waals surface area contributed by atoms with Crippen molar-refractivity contribution in [3.8, 4) is 5.88 Å². The van der Waals surface area contributed by atoms with Crippen LogP contribution in [0.4, 0.5) is 10.5 Å². The van der Waals surface area contributed by atoms with Crippen LogP contribution in [0.2, 0.25) is 5.15 Å². The third-order valence-corrected chi connectivity index (χ3v) is 3.48. The van der Waals surface area contributed by atoms with E-state index in [0.29, 0.717) is 29.9 Å². The molecule has 0 unspecified atom stereocenters. The van der Waals surface area contributed by atoms with Crippen LogP contribution in [0.3, 0.4) is 0 Å². The number of nitrogens with two attached hydrogens (primary N) is 1. The van der Waals surface area contributed by atoms with E-state index in [-0.39, 0.29) is 12.1 Å². The van der Waals surface area contributed by atoms with Crippen LogP contribution in [0.1, 0.15) is 33.6 Å². The first-order valence-corrected chi connectivity index (χ1v) is 7.68. The van der Waals surface area contributed by atoms with E-state index in [1.54, 1.807) is 17.0 Å². The zero-order valence-electron chi connectivity index (χ0n) is 13.1. The highest BCUT2D eigenvalue weighted by atomic mass is 35.5. The summed E-state index contributed by atoms with van der Waals surface area (Å²) in [5.41, 5.74) is 5.71. The van der Waals surface area contributed by atoms with E-state index in [0.717, 1.165) is 12.8 Å². The quantitative estimate of drug-likeness (QED) is 0.863. The van der Waals surface area contributed by atoms with Crippen molar-refractivity contribution in [1.82, 2.24) is 9.88 Å². The number of hydrogen-bond donors (Lipinski definition) is 1. The number of nitrogens with zero attached hydrogens (tertiary/aromatic N) is 2. The molecule has 0 aromatic carbocycles. The Balaban J connectivity index is 1.97. The van der Waals surface area contributed by atoms with Gasteiger partial charge in [-0.1, -0.05) is 11.6 Å². The molecule has 1 aromatic rings. The number of halogens is 1. The summed E-state index contributed by atoms with van der Waals surface area (Å²) in [4.78, 5) is 17.9. The fraction of sp³-hybridized carbons (Fsp3) is 0.600. The number of hydrogen-bond acceptors (Lipinski definition) is 5. The second-order valence-electron chi connectivity index (χ2n) is 6.31. The molecule has 1 fully saturated rings. The molecule has 1 atom stereocenters. The molecule has 1 saturated heterocycles. The number of nitrogen functional groups attached to an aromatic ring is 1. The molecule has 0 spiro atoms. The molecule has 22 heavy (non-hydrogen) atoms. The van der Waals surface area contributed by atoms with Crippen LogP contribution < -0.4 is 10.5 Å².